The number of nitrogens with one attached hydrogen (secondary N) is 2. The fourth-order valence-corrected chi connectivity index (χ4v) is 1.37. The average Bonchev–Trinajstić information content (AvgIpc) is 2.37. The lowest BCUT2D eigenvalue weighted by molar-refractivity contribution is -0.116. The van der Waals surface area contributed by atoms with Crippen molar-refractivity contribution in [2.45, 2.75) is 27.2 Å². The number of amides is 1. The highest BCUT2D eigenvalue weighted by molar-refractivity contribution is 6.12. The summed E-state index contributed by atoms with van der Waals surface area (Å²) in [5, 5.41) is 4.45. The van der Waals surface area contributed by atoms with Crippen LogP contribution in [0.5, 0.6) is 0 Å². The number of carbonyl (C=O) groups excluding carboxylic acids is 1. The quantitative estimate of drug-likeness (QED) is 0.749. The van der Waals surface area contributed by atoms with Crippen LogP contribution in [0.15, 0.2) is 29.2 Å². The third kappa shape index (κ3) is 4.00. The molecule has 2 N–H and O–H groups in total. The normalized spacial score (nSPS) is 16.5. The smallest absolute Gasteiger partial charge is 0.254 e. The molecule has 1 unspecified atom stereocenters. The Morgan fingerprint density at radius 2 is 2.28 bits per heavy atom. The molecule has 1 amide bonds. The van der Waals surface area contributed by atoms with Gasteiger partial charge < -0.3 is 5.32 Å². The van der Waals surface area contributed by atoms with E-state index in [0.29, 0.717) is 23.9 Å². The monoisotopic (exact) mass is 250 g/mol. The largest absolute Gasteiger partial charge is 0.352 e. The van der Waals surface area contributed by atoms with Crippen LogP contribution in [-0.2, 0) is 4.79 Å². The number of carbonyl (C=O) groups is 1. The molecule has 5 nitrogen and oxygen atoms in total. The zero-order chi connectivity index (χ0) is 13.5. The second-order valence-electron chi connectivity index (χ2n) is 4.36. The predicted molar refractivity (Wildman–Crippen MR) is 73.7 cm³/mol. The Labute approximate surface area is 109 Å². The van der Waals surface area contributed by atoms with Gasteiger partial charge in [0.05, 0.1) is 5.57 Å². The van der Waals surface area contributed by atoms with Gasteiger partial charge in [-0.15, -0.1) is 0 Å². The topological polar surface area (TPSA) is 56.7 Å². The van der Waals surface area contributed by atoms with Crippen molar-refractivity contribution < 1.29 is 4.79 Å². The predicted octanol–water partition coefficient (Wildman–Crippen LogP) is 1.41. The van der Waals surface area contributed by atoms with Crippen LogP contribution in [0.1, 0.15) is 27.2 Å². The summed E-state index contributed by atoms with van der Waals surface area (Å²) in [6, 6.07) is 0. The first-order valence-electron chi connectivity index (χ1n) is 6.34. The zero-order valence-electron chi connectivity index (χ0n) is 11.4. The first-order chi connectivity index (χ1) is 8.58. The van der Waals surface area contributed by atoms with Crippen molar-refractivity contribution in [1.29, 1.82) is 0 Å². The molecule has 0 radical (unpaired) electrons. The van der Waals surface area contributed by atoms with Crippen LogP contribution in [0.25, 0.3) is 0 Å². The molecule has 18 heavy (non-hydrogen) atoms. The van der Waals surface area contributed by atoms with E-state index < -0.39 is 0 Å². The highest BCUT2D eigenvalue weighted by Crippen LogP contribution is 2.10. The summed E-state index contributed by atoms with van der Waals surface area (Å²) >= 11 is 0. The van der Waals surface area contributed by atoms with Crippen molar-refractivity contribution in [3.05, 3.63) is 24.2 Å². The Bertz CT molecular complexity index is 373. The third-order valence-electron chi connectivity index (χ3n) is 2.81. The Morgan fingerprint density at radius 1 is 1.56 bits per heavy atom. The van der Waals surface area contributed by atoms with E-state index in [1.165, 1.54) is 6.21 Å². The lowest BCUT2D eigenvalue weighted by Crippen LogP contribution is -2.38. The van der Waals surface area contributed by atoms with Gasteiger partial charge in [-0.25, -0.2) is 10.4 Å². The molecule has 0 aromatic carbocycles. The van der Waals surface area contributed by atoms with Gasteiger partial charge >= 0.3 is 0 Å². The maximum absolute atomic E-state index is 11.7. The van der Waals surface area contributed by atoms with Crippen LogP contribution < -0.4 is 10.7 Å². The minimum atomic E-state index is -0.121. The summed E-state index contributed by atoms with van der Waals surface area (Å²) in [5.74, 6) is 1.03. The summed E-state index contributed by atoms with van der Waals surface area (Å²) in [5.41, 5.74) is 3.74. The molecule has 0 fully saturated rings. The van der Waals surface area contributed by atoms with Crippen LogP contribution in [-0.4, -0.2) is 30.2 Å². The number of hydrogen-bond acceptors (Lipinski definition) is 4. The molecule has 1 rings (SSSR count). The molecule has 1 heterocycles. The first kappa shape index (κ1) is 14.4. The van der Waals surface area contributed by atoms with Gasteiger partial charge in [-0.05, 0) is 12.8 Å². The Hall–Kier alpha value is -1.62. The lowest BCUT2D eigenvalue weighted by atomic mass is 10.1. The molecule has 1 aliphatic rings. The third-order valence-corrected chi connectivity index (χ3v) is 2.81. The van der Waals surface area contributed by atoms with Crippen molar-refractivity contribution >= 4 is 12.1 Å². The second kappa shape index (κ2) is 6.96. The van der Waals surface area contributed by atoms with E-state index in [9.17, 15) is 4.79 Å². The van der Waals surface area contributed by atoms with Gasteiger partial charge in [-0.1, -0.05) is 26.8 Å². The fraction of sp³-hybridized carbons (Fsp3) is 0.538. The molecular weight excluding hydrogens is 228 g/mol. The Balaban J connectivity index is 2.63. The molecule has 5 heteroatoms. The second-order valence-corrected chi connectivity index (χ2v) is 4.36. The van der Waals surface area contributed by atoms with Crippen molar-refractivity contribution in [2.24, 2.45) is 10.9 Å². The minimum absolute atomic E-state index is 0.121. The number of hydrogen-bond donors (Lipinski definition) is 2. The number of likely N-dealkylation sites (N-methyl/N-ethyl adjacent to an activating group) is 1. The van der Waals surface area contributed by atoms with Crippen LogP contribution >= 0.6 is 0 Å². The van der Waals surface area contributed by atoms with E-state index in [4.69, 9.17) is 0 Å². The zero-order valence-corrected chi connectivity index (χ0v) is 11.4. The van der Waals surface area contributed by atoms with E-state index >= 15 is 0 Å². The number of nitrogens with zero attached hydrogens (tertiary/aromatic N) is 2. The van der Waals surface area contributed by atoms with E-state index in [0.717, 1.165) is 13.0 Å². The van der Waals surface area contributed by atoms with Crippen molar-refractivity contribution in [3.8, 4) is 0 Å². The Kier molecular flexibility index (Phi) is 5.58. The first-order valence-corrected chi connectivity index (χ1v) is 6.34. The highest BCUT2D eigenvalue weighted by Gasteiger charge is 2.15. The average molecular weight is 250 g/mol. The molecule has 0 aromatic heterocycles. The molecule has 1 aliphatic heterocycles. The fourth-order valence-electron chi connectivity index (χ4n) is 1.37. The summed E-state index contributed by atoms with van der Waals surface area (Å²) < 4.78 is 0. The minimum Gasteiger partial charge on any atom is -0.352 e. The van der Waals surface area contributed by atoms with Gasteiger partial charge in [0.25, 0.3) is 5.91 Å². The number of aliphatic imine (C=N–C) groups is 1. The molecule has 0 saturated heterocycles. The van der Waals surface area contributed by atoms with Gasteiger partial charge in [-0.2, -0.15) is 0 Å². The molecule has 0 aromatic rings. The maximum Gasteiger partial charge on any atom is 0.254 e. The summed E-state index contributed by atoms with van der Waals surface area (Å²) in [7, 11) is 0. The molecule has 100 valence electrons. The number of hydrazine groups is 1. The van der Waals surface area contributed by atoms with Gasteiger partial charge in [-0.3, -0.25) is 9.80 Å². The van der Waals surface area contributed by atoms with Crippen molar-refractivity contribution in [3.63, 3.8) is 0 Å². The highest BCUT2D eigenvalue weighted by atomic mass is 16.1. The Morgan fingerprint density at radius 3 is 2.89 bits per heavy atom. The standard InChI is InChI=1S/C13H22N4O/c1-5-10(3)7-16-17-9-12(8-15-11(17)4)13(18)14-6-2/h8-10,16H,4-7H2,1-3H3,(H,14,18). The SMILES string of the molecule is C=C1N=CC(C(=O)NCC)=CN1NCC(C)CC. The molecule has 0 saturated carbocycles. The van der Waals surface area contributed by atoms with Crippen molar-refractivity contribution in [2.75, 3.05) is 13.1 Å². The van der Waals surface area contributed by atoms with Gasteiger partial charge in [0, 0.05) is 25.5 Å². The van der Waals surface area contributed by atoms with Gasteiger partial charge in [0.2, 0.25) is 0 Å². The lowest BCUT2D eigenvalue weighted by Gasteiger charge is -2.25. The van der Waals surface area contributed by atoms with E-state index in [2.05, 4.69) is 36.2 Å². The van der Waals surface area contributed by atoms with Crippen LogP contribution in [0.4, 0.5) is 0 Å². The van der Waals surface area contributed by atoms with Gasteiger partial charge in [0.15, 0.2) is 0 Å². The van der Waals surface area contributed by atoms with E-state index in [1.807, 2.05) is 6.92 Å². The van der Waals surface area contributed by atoms with Crippen LogP contribution in [0.2, 0.25) is 0 Å². The van der Waals surface area contributed by atoms with Crippen LogP contribution in [0, 0.1) is 5.92 Å². The summed E-state index contributed by atoms with van der Waals surface area (Å²) in [4.78, 5) is 15.8. The van der Waals surface area contributed by atoms with E-state index in [1.54, 1.807) is 11.2 Å². The van der Waals surface area contributed by atoms with E-state index in [-0.39, 0.29) is 5.91 Å². The van der Waals surface area contributed by atoms with Crippen molar-refractivity contribution in [1.82, 2.24) is 15.8 Å². The molecule has 0 spiro atoms. The number of rotatable bonds is 6. The maximum atomic E-state index is 11.7. The van der Waals surface area contributed by atoms with Gasteiger partial charge in [0.1, 0.15) is 5.82 Å². The molecule has 0 aliphatic carbocycles. The van der Waals surface area contributed by atoms with Crippen LogP contribution in [0.3, 0.4) is 0 Å². The molecule has 0 bridgehead atoms. The summed E-state index contributed by atoms with van der Waals surface area (Å²) in [6.07, 6.45) is 4.36. The summed E-state index contributed by atoms with van der Waals surface area (Å²) in [6.45, 7) is 11.4. The molecular formula is C13H22N4O. The molecule has 1 atom stereocenters.